The van der Waals surface area contributed by atoms with E-state index in [2.05, 4.69) is 30.6 Å². The molecule has 0 aromatic carbocycles. The Balaban J connectivity index is 1.60. The molecule has 1 amide bonds. The van der Waals surface area contributed by atoms with Crippen molar-refractivity contribution >= 4 is 11.7 Å². The topological polar surface area (TPSA) is 97.2 Å². The predicted octanol–water partition coefficient (Wildman–Crippen LogP) is 0.664. The maximum absolute atomic E-state index is 12.0. The van der Waals surface area contributed by atoms with Crippen molar-refractivity contribution < 1.29 is 9.53 Å². The third-order valence-electron chi connectivity index (χ3n) is 5.09. The molecule has 3 heterocycles. The Morgan fingerprint density at radius 3 is 2.93 bits per heavy atom. The first-order chi connectivity index (χ1) is 13.5. The van der Waals surface area contributed by atoms with Crippen LogP contribution >= 0.6 is 0 Å². The van der Waals surface area contributed by atoms with E-state index in [0.717, 1.165) is 55.2 Å². The number of aryl methyl sites for hydroxylation is 1. The van der Waals surface area contributed by atoms with Crippen molar-refractivity contribution in [2.45, 2.75) is 39.4 Å². The zero-order valence-electron chi connectivity index (χ0n) is 17.0. The van der Waals surface area contributed by atoms with E-state index in [1.54, 1.807) is 14.2 Å². The Hall–Kier alpha value is -2.52. The van der Waals surface area contributed by atoms with Gasteiger partial charge >= 0.3 is 0 Å². The molecule has 1 atom stereocenters. The maximum Gasteiger partial charge on any atom is 0.288 e. The van der Waals surface area contributed by atoms with Crippen molar-refractivity contribution in [1.29, 1.82) is 0 Å². The lowest BCUT2D eigenvalue weighted by Gasteiger charge is -2.21. The molecule has 0 aliphatic carbocycles. The second-order valence-corrected chi connectivity index (χ2v) is 7.08. The number of nitrogens with zero attached hydrogens (tertiary/aromatic N) is 5. The summed E-state index contributed by atoms with van der Waals surface area (Å²) >= 11 is 0. The molecule has 0 bridgehead atoms. The molecule has 1 aliphatic heterocycles. The van der Waals surface area contributed by atoms with Gasteiger partial charge < -0.3 is 20.3 Å². The van der Waals surface area contributed by atoms with Crippen LogP contribution in [0.15, 0.2) is 12.4 Å². The lowest BCUT2D eigenvalue weighted by Crippen LogP contribution is -2.33. The average molecular weight is 387 g/mol. The largest absolute Gasteiger partial charge is 0.383 e. The molecule has 0 spiro atoms. The number of nitrogens with one attached hydrogen (secondary N) is 2. The minimum atomic E-state index is -0.260. The van der Waals surface area contributed by atoms with Gasteiger partial charge in [-0.05, 0) is 20.3 Å². The van der Waals surface area contributed by atoms with Gasteiger partial charge in [0.2, 0.25) is 5.82 Å². The van der Waals surface area contributed by atoms with E-state index >= 15 is 0 Å². The number of anilines is 1. The summed E-state index contributed by atoms with van der Waals surface area (Å²) in [5.41, 5.74) is 3.02. The molecule has 9 nitrogen and oxygen atoms in total. The lowest BCUT2D eigenvalue weighted by atomic mass is 10.2. The van der Waals surface area contributed by atoms with E-state index in [4.69, 9.17) is 4.74 Å². The van der Waals surface area contributed by atoms with Gasteiger partial charge in [-0.15, -0.1) is 0 Å². The van der Waals surface area contributed by atoms with E-state index in [1.165, 1.54) is 0 Å². The number of hydrogen-bond acceptors (Lipinski definition) is 7. The first-order valence-electron chi connectivity index (χ1n) is 9.57. The molecule has 0 radical (unpaired) electrons. The fourth-order valence-electron chi connectivity index (χ4n) is 3.32. The Morgan fingerprint density at radius 2 is 2.18 bits per heavy atom. The Morgan fingerprint density at radius 1 is 1.36 bits per heavy atom. The van der Waals surface area contributed by atoms with Crippen LogP contribution in [0.2, 0.25) is 0 Å². The van der Waals surface area contributed by atoms with Gasteiger partial charge in [0.25, 0.3) is 5.91 Å². The summed E-state index contributed by atoms with van der Waals surface area (Å²) in [5.74, 6) is 0.812. The molecule has 0 unspecified atom stereocenters. The molecule has 2 N–H and O–H groups in total. The summed E-state index contributed by atoms with van der Waals surface area (Å²) in [6.45, 7) is 7.86. The van der Waals surface area contributed by atoms with Crippen LogP contribution in [0.1, 0.15) is 33.9 Å². The third-order valence-corrected chi connectivity index (χ3v) is 5.09. The average Bonchev–Trinajstić information content (AvgIpc) is 3.35. The summed E-state index contributed by atoms with van der Waals surface area (Å²) < 4.78 is 6.98. The van der Waals surface area contributed by atoms with E-state index in [0.29, 0.717) is 12.6 Å². The molecule has 152 valence electrons. The highest BCUT2D eigenvalue weighted by Gasteiger charge is 2.26. The van der Waals surface area contributed by atoms with E-state index in [1.807, 2.05) is 30.9 Å². The Labute approximate surface area is 165 Å². The van der Waals surface area contributed by atoms with Gasteiger partial charge in [0.15, 0.2) is 0 Å². The molecule has 1 fully saturated rings. The SMILES string of the molecule is CNC(=O)c1nc(C)c(C)c(N2CC[C@@H](NCc3cnn(CCOC)c3)C2)n1. The number of amides is 1. The van der Waals surface area contributed by atoms with Crippen LogP contribution in [-0.2, 0) is 17.8 Å². The van der Waals surface area contributed by atoms with Crippen LogP contribution in [0, 0.1) is 13.8 Å². The predicted molar refractivity (Wildman–Crippen MR) is 106 cm³/mol. The second kappa shape index (κ2) is 9.11. The van der Waals surface area contributed by atoms with E-state index in [-0.39, 0.29) is 11.7 Å². The van der Waals surface area contributed by atoms with Gasteiger partial charge in [-0.3, -0.25) is 9.48 Å². The molecular weight excluding hydrogens is 358 g/mol. The number of methoxy groups -OCH3 is 1. The molecule has 2 aromatic heterocycles. The maximum atomic E-state index is 12.0. The number of aromatic nitrogens is 4. The van der Waals surface area contributed by atoms with Crippen LogP contribution < -0.4 is 15.5 Å². The number of rotatable bonds is 8. The molecule has 2 aromatic rings. The molecule has 1 aliphatic rings. The van der Waals surface area contributed by atoms with Gasteiger partial charge in [0.05, 0.1) is 19.3 Å². The fourth-order valence-corrected chi connectivity index (χ4v) is 3.32. The van der Waals surface area contributed by atoms with Crippen molar-refractivity contribution in [3.05, 3.63) is 35.0 Å². The van der Waals surface area contributed by atoms with Crippen molar-refractivity contribution in [2.75, 3.05) is 38.8 Å². The standard InChI is InChI=1S/C19H29N7O2/c1-13-14(2)23-17(19(27)20-3)24-18(13)25-6-5-16(12-25)21-9-15-10-22-26(11-15)7-8-28-4/h10-11,16,21H,5-9,12H2,1-4H3,(H,20,27)/t16-/m1/s1. The summed E-state index contributed by atoms with van der Waals surface area (Å²) in [6.07, 6.45) is 4.96. The summed E-state index contributed by atoms with van der Waals surface area (Å²) in [6, 6.07) is 0.362. The van der Waals surface area contributed by atoms with Crippen LogP contribution in [0.4, 0.5) is 5.82 Å². The first-order valence-corrected chi connectivity index (χ1v) is 9.57. The van der Waals surface area contributed by atoms with Crippen LogP contribution in [-0.4, -0.2) is 65.6 Å². The summed E-state index contributed by atoms with van der Waals surface area (Å²) in [4.78, 5) is 23.0. The second-order valence-electron chi connectivity index (χ2n) is 7.08. The Kier molecular flexibility index (Phi) is 6.58. The zero-order chi connectivity index (χ0) is 20.1. The number of carbonyl (C=O) groups excluding carboxylic acids is 1. The molecule has 9 heteroatoms. The van der Waals surface area contributed by atoms with Crippen molar-refractivity contribution in [2.24, 2.45) is 0 Å². The van der Waals surface area contributed by atoms with Gasteiger partial charge in [-0.1, -0.05) is 0 Å². The molecule has 28 heavy (non-hydrogen) atoms. The van der Waals surface area contributed by atoms with Gasteiger partial charge in [-0.2, -0.15) is 5.10 Å². The molecule has 1 saturated heterocycles. The fraction of sp³-hybridized carbons (Fsp3) is 0.579. The summed E-state index contributed by atoms with van der Waals surface area (Å²) in [7, 11) is 3.28. The monoisotopic (exact) mass is 387 g/mol. The minimum absolute atomic E-state index is 0.223. The highest BCUT2D eigenvalue weighted by Crippen LogP contribution is 2.24. The Bertz CT molecular complexity index is 821. The minimum Gasteiger partial charge on any atom is -0.383 e. The lowest BCUT2D eigenvalue weighted by molar-refractivity contribution is 0.0952. The number of ether oxygens (including phenoxy) is 1. The molecule has 3 rings (SSSR count). The van der Waals surface area contributed by atoms with Crippen LogP contribution in [0.25, 0.3) is 0 Å². The first kappa shape index (κ1) is 20.2. The number of hydrogen-bond donors (Lipinski definition) is 2. The van der Waals surface area contributed by atoms with Gasteiger partial charge in [-0.25, -0.2) is 9.97 Å². The van der Waals surface area contributed by atoms with Crippen molar-refractivity contribution in [1.82, 2.24) is 30.4 Å². The third kappa shape index (κ3) is 4.66. The van der Waals surface area contributed by atoms with E-state index < -0.39 is 0 Å². The van der Waals surface area contributed by atoms with Gasteiger partial charge in [0.1, 0.15) is 5.82 Å². The van der Waals surface area contributed by atoms with Crippen molar-refractivity contribution in [3.63, 3.8) is 0 Å². The van der Waals surface area contributed by atoms with Crippen LogP contribution in [0.3, 0.4) is 0 Å². The van der Waals surface area contributed by atoms with Crippen molar-refractivity contribution in [3.8, 4) is 0 Å². The normalized spacial score (nSPS) is 16.6. The highest BCUT2D eigenvalue weighted by atomic mass is 16.5. The highest BCUT2D eigenvalue weighted by molar-refractivity contribution is 5.90. The summed E-state index contributed by atoms with van der Waals surface area (Å²) in [5, 5.41) is 10.5. The number of carbonyl (C=O) groups is 1. The zero-order valence-corrected chi connectivity index (χ0v) is 17.0. The van der Waals surface area contributed by atoms with Crippen LogP contribution in [0.5, 0.6) is 0 Å². The van der Waals surface area contributed by atoms with E-state index in [9.17, 15) is 4.79 Å². The smallest absolute Gasteiger partial charge is 0.288 e. The molecular formula is C19H29N7O2. The quantitative estimate of drug-likeness (QED) is 0.687. The molecule has 0 saturated carbocycles. The van der Waals surface area contributed by atoms with Gasteiger partial charge in [0, 0.05) is 62.9 Å².